The summed E-state index contributed by atoms with van der Waals surface area (Å²) in [6.45, 7) is 2.18. The second-order valence-corrected chi connectivity index (χ2v) is 5.13. The van der Waals surface area contributed by atoms with Crippen molar-refractivity contribution in [2.75, 3.05) is 0 Å². The van der Waals surface area contributed by atoms with Crippen molar-refractivity contribution >= 4 is 44.8 Å². The van der Waals surface area contributed by atoms with Gasteiger partial charge < -0.3 is 0 Å². The molecule has 0 fully saturated rings. The van der Waals surface area contributed by atoms with Gasteiger partial charge in [0.15, 0.2) is 0 Å². The number of fused-ring (bicyclic) bond motifs is 1. The Morgan fingerprint density at radius 3 is 2.87 bits per heavy atom. The van der Waals surface area contributed by atoms with E-state index in [1.165, 1.54) is 17.7 Å². The van der Waals surface area contributed by atoms with Crippen molar-refractivity contribution in [1.82, 2.24) is 9.97 Å². The zero-order valence-corrected chi connectivity index (χ0v) is 10.6. The highest BCUT2D eigenvalue weighted by Gasteiger charge is 2.08. The molecule has 2 rings (SSSR count). The molecule has 0 aliphatic heterocycles. The summed E-state index contributed by atoms with van der Waals surface area (Å²) in [5.74, 6) is 0. The molecule has 0 bridgehead atoms. The van der Waals surface area contributed by atoms with Crippen molar-refractivity contribution in [3.63, 3.8) is 0 Å². The number of hydrogen-bond acceptors (Lipinski definition) is 3. The standard InChI is InChI=1S/C10H10Cl2N2S/c1-2-3-4-6-5-7-8(11)13-10(12)14-9(7)15-6/h5H,2-4H2,1H3. The maximum atomic E-state index is 5.98. The van der Waals surface area contributed by atoms with Crippen molar-refractivity contribution in [3.05, 3.63) is 21.4 Å². The summed E-state index contributed by atoms with van der Waals surface area (Å²) < 4.78 is 0. The third-order valence-corrected chi connectivity index (χ3v) is 3.69. The highest BCUT2D eigenvalue weighted by atomic mass is 35.5. The lowest BCUT2D eigenvalue weighted by atomic mass is 10.2. The second-order valence-electron chi connectivity index (χ2n) is 3.32. The van der Waals surface area contributed by atoms with E-state index in [1.807, 2.05) is 0 Å². The van der Waals surface area contributed by atoms with Crippen LogP contribution >= 0.6 is 34.5 Å². The Balaban J connectivity index is 2.41. The maximum Gasteiger partial charge on any atom is 0.225 e. The molecule has 0 aromatic carbocycles. The zero-order chi connectivity index (χ0) is 10.8. The van der Waals surface area contributed by atoms with Gasteiger partial charge >= 0.3 is 0 Å². The van der Waals surface area contributed by atoms with Gasteiger partial charge in [0.2, 0.25) is 5.28 Å². The van der Waals surface area contributed by atoms with E-state index in [0.717, 1.165) is 16.6 Å². The first-order valence-corrected chi connectivity index (χ1v) is 6.39. The molecule has 0 unspecified atom stereocenters. The van der Waals surface area contributed by atoms with Crippen molar-refractivity contribution in [2.24, 2.45) is 0 Å². The summed E-state index contributed by atoms with van der Waals surface area (Å²) in [4.78, 5) is 10.3. The van der Waals surface area contributed by atoms with Gasteiger partial charge in [-0.1, -0.05) is 24.9 Å². The van der Waals surface area contributed by atoms with Crippen LogP contribution in [0.15, 0.2) is 6.07 Å². The third-order valence-electron chi connectivity index (χ3n) is 2.15. The molecule has 0 atom stereocenters. The van der Waals surface area contributed by atoms with Gasteiger partial charge in [0, 0.05) is 10.3 Å². The Bertz CT molecular complexity index is 481. The van der Waals surface area contributed by atoms with Crippen molar-refractivity contribution in [2.45, 2.75) is 26.2 Å². The molecule has 0 aliphatic carbocycles. The summed E-state index contributed by atoms with van der Waals surface area (Å²) in [5.41, 5.74) is 0. The van der Waals surface area contributed by atoms with Crippen LogP contribution in [-0.4, -0.2) is 9.97 Å². The number of thiophene rings is 1. The van der Waals surface area contributed by atoms with Crippen LogP contribution in [0.25, 0.3) is 10.2 Å². The number of unbranched alkanes of at least 4 members (excludes halogenated alkanes) is 1. The van der Waals surface area contributed by atoms with Gasteiger partial charge in [0.1, 0.15) is 9.98 Å². The average molecular weight is 261 g/mol. The summed E-state index contributed by atoms with van der Waals surface area (Å²) in [6.07, 6.45) is 3.45. The fourth-order valence-corrected chi connectivity index (χ4v) is 3.00. The van der Waals surface area contributed by atoms with Gasteiger partial charge in [-0.05, 0) is 30.5 Å². The predicted octanol–water partition coefficient (Wildman–Crippen LogP) is 4.34. The molecule has 5 heteroatoms. The van der Waals surface area contributed by atoms with Crippen LogP contribution in [0, 0.1) is 0 Å². The fraction of sp³-hybridized carbons (Fsp3) is 0.400. The summed E-state index contributed by atoms with van der Waals surface area (Å²) in [5, 5.41) is 1.58. The SMILES string of the molecule is CCCCc1cc2c(Cl)nc(Cl)nc2s1. The lowest BCUT2D eigenvalue weighted by Crippen LogP contribution is -1.81. The molecule has 80 valence electrons. The number of hydrogen-bond donors (Lipinski definition) is 0. The molecular formula is C10H10Cl2N2S. The Morgan fingerprint density at radius 1 is 1.33 bits per heavy atom. The van der Waals surface area contributed by atoms with Crippen LogP contribution in [0.2, 0.25) is 10.4 Å². The minimum absolute atomic E-state index is 0.219. The predicted molar refractivity (Wildman–Crippen MR) is 66.0 cm³/mol. The van der Waals surface area contributed by atoms with Crippen LogP contribution in [-0.2, 0) is 6.42 Å². The monoisotopic (exact) mass is 260 g/mol. The summed E-state index contributed by atoms with van der Waals surface area (Å²) in [6, 6.07) is 2.06. The second kappa shape index (κ2) is 4.64. The fourth-order valence-electron chi connectivity index (χ4n) is 1.39. The largest absolute Gasteiger partial charge is 0.225 e. The van der Waals surface area contributed by atoms with Crippen LogP contribution in [0.4, 0.5) is 0 Å². The van der Waals surface area contributed by atoms with Gasteiger partial charge in [-0.2, -0.15) is 0 Å². The topological polar surface area (TPSA) is 25.8 Å². The summed E-state index contributed by atoms with van der Waals surface area (Å²) >= 11 is 13.4. The van der Waals surface area contributed by atoms with E-state index in [9.17, 15) is 0 Å². The van der Waals surface area contributed by atoms with Gasteiger partial charge in [-0.3, -0.25) is 0 Å². The Kier molecular flexibility index (Phi) is 3.44. The van der Waals surface area contributed by atoms with Gasteiger partial charge in [-0.25, -0.2) is 9.97 Å². The van der Waals surface area contributed by atoms with E-state index in [1.54, 1.807) is 11.3 Å². The van der Waals surface area contributed by atoms with Crippen molar-refractivity contribution in [1.29, 1.82) is 0 Å². The van der Waals surface area contributed by atoms with E-state index in [2.05, 4.69) is 23.0 Å². The number of rotatable bonds is 3. The Morgan fingerprint density at radius 2 is 2.13 bits per heavy atom. The van der Waals surface area contributed by atoms with E-state index in [4.69, 9.17) is 23.2 Å². The molecule has 0 aliphatic rings. The van der Waals surface area contributed by atoms with Crippen LogP contribution < -0.4 is 0 Å². The minimum atomic E-state index is 0.219. The number of nitrogens with zero attached hydrogens (tertiary/aromatic N) is 2. The molecule has 15 heavy (non-hydrogen) atoms. The molecule has 2 aromatic heterocycles. The molecule has 0 N–H and O–H groups in total. The first kappa shape index (κ1) is 11.1. The molecule has 2 heterocycles. The smallest absolute Gasteiger partial charge is 0.207 e. The first-order chi connectivity index (χ1) is 7.20. The molecule has 0 saturated carbocycles. The lowest BCUT2D eigenvalue weighted by molar-refractivity contribution is 0.804. The van der Waals surface area contributed by atoms with E-state index >= 15 is 0 Å². The molecule has 0 radical (unpaired) electrons. The third kappa shape index (κ3) is 2.41. The van der Waals surface area contributed by atoms with Crippen molar-refractivity contribution < 1.29 is 0 Å². The molecule has 2 nitrogen and oxygen atoms in total. The molecular weight excluding hydrogens is 251 g/mol. The lowest BCUT2D eigenvalue weighted by Gasteiger charge is -1.91. The zero-order valence-electron chi connectivity index (χ0n) is 8.26. The van der Waals surface area contributed by atoms with E-state index in [0.29, 0.717) is 5.15 Å². The minimum Gasteiger partial charge on any atom is -0.207 e. The molecule has 0 spiro atoms. The highest BCUT2D eigenvalue weighted by Crippen LogP contribution is 2.30. The highest BCUT2D eigenvalue weighted by molar-refractivity contribution is 7.18. The van der Waals surface area contributed by atoms with Gasteiger partial charge in [-0.15, -0.1) is 11.3 Å². The normalized spacial score (nSPS) is 11.1. The Hall–Kier alpha value is -0.380. The van der Waals surface area contributed by atoms with Gasteiger partial charge in [0.05, 0.1) is 0 Å². The number of aromatic nitrogens is 2. The van der Waals surface area contributed by atoms with Crippen LogP contribution in [0.5, 0.6) is 0 Å². The van der Waals surface area contributed by atoms with Crippen molar-refractivity contribution in [3.8, 4) is 0 Å². The summed E-state index contributed by atoms with van der Waals surface area (Å²) in [7, 11) is 0. The van der Waals surface area contributed by atoms with Crippen LogP contribution in [0.1, 0.15) is 24.6 Å². The Labute approximate surface area is 102 Å². The molecule has 0 saturated heterocycles. The molecule has 0 amide bonds. The average Bonchev–Trinajstić information content (AvgIpc) is 2.57. The van der Waals surface area contributed by atoms with Crippen LogP contribution in [0.3, 0.4) is 0 Å². The first-order valence-electron chi connectivity index (χ1n) is 4.82. The van der Waals surface area contributed by atoms with E-state index < -0.39 is 0 Å². The molecule has 2 aromatic rings. The maximum absolute atomic E-state index is 5.98. The number of halogens is 2. The van der Waals surface area contributed by atoms with E-state index in [-0.39, 0.29) is 5.28 Å². The quantitative estimate of drug-likeness (QED) is 0.606. The number of aryl methyl sites for hydroxylation is 1. The van der Waals surface area contributed by atoms with Gasteiger partial charge in [0.25, 0.3) is 0 Å².